The lowest BCUT2D eigenvalue weighted by molar-refractivity contribution is -0.159. The molecule has 0 bridgehead atoms. The van der Waals surface area contributed by atoms with Crippen molar-refractivity contribution >= 4 is 11.9 Å². The van der Waals surface area contributed by atoms with Crippen molar-refractivity contribution in [1.29, 1.82) is 0 Å². The Balaban J connectivity index is 1.67. The number of hydrogen-bond donors (Lipinski definition) is 1. The molecule has 1 saturated heterocycles. The molecule has 1 aliphatic carbocycles. The summed E-state index contributed by atoms with van der Waals surface area (Å²) in [5.41, 5.74) is 0.210. The summed E-state index contributed by atoms with van der Waals surface area (Å²) < 4.78 is 32.0. The Morgan fingerprint density at radius 2 is 2.09 bits per heavy atom. The van der Waals surface area contributed by atoms with Crippen molar-refractivity contribution < 1.29 is 28.2 Å². The van der Waals surface area contributed by atoms with Crippen LogP contribution in [0.15, 0.2) is 18.2 Å². The van der Waals surface area contributed by atoms with Crippen molar-refractivity contribution in [3.8, 4) is 0 Å². The molecule has 0 aromatic heterocycles. The highest BCUT2D eigenvalue weighted by molar-refractivity contribution is 5.84. The summed E-state index contributed by atoms with van der Waals surface area (Å²) in [6.45, 7) is 0.467. The number of carboxylic acids is 1. The molecule has 1 aliphatic heterocycles. The molecular formula is C15H15F2NO4. The molecule has 3 rings (SSSR count). The Kier molecular flexibility index (Phi) is 3.82. The van der Waals surface area contributed by atoms with E-state index in [9.17, 15) is 18.4 Å². The first-order chi connectivity index (χ1) is 10.5. The van der Waals surface area contributed by atoms with Crippen molar-refractivity contribution in [1.82, 2.24) is 4.90 Å². The second-order valence-corrected chi connectivity index (χ2v) is 5.60. The van der Waals surface area contributed by atoms with E-state index in [1.807, 2.05) is 0 Å². The van der Waals surface area contributed by atoms with Crippen LogP contribution >= 0.6 is 0 Å². The standard InChI is InChI=1S/C15H15F2NO4/c16-8-1-2-12(17)10(5-8)9-6-11(9)14(19)18-3-4-22-13(7-18)15(20)21/h1-2,5,9,11,13H,3-4,6-7H2,(H,20,21). The first-order valence-corrected chi connectivity index (χ1v) is 7.05. The van der Waals surface area contributed by atoms with E-state index in [2.05, 4.69) is 0 Å². The monoisotopic (exact) mass is 311 g/mol. The number of carbonyl (C=O) groups excluding carboxylic acids is 1. The largest absolute Gasteiger partial charge is 0.479 e. The zero-order valence-electron chi connectivity index (χ0n) is 11.7. The van der Waals surface area contributed by atoms with Gasteiger partial charge in [-0.1, -0.05) is 0 Å². The van der Waals surface area contributed by atoms with Gasteiger partial charge in [-0.15, -0.1) is 0 Å². The van der Waals surface area contributed by atoms with E-state index in [0.717, 1.165) is 18.2 Å². The topological polar surface area (TPSA) is 66.8 Å². The van der Waals surface area contributed by atoms with Gasteiger partial charge in [-0.05, 0) is 36.1 Å². The van der Waals surface area contributed by atoms with Crippen LogP contribution in [-0.4, -0.2) is 47.7 Å². The van der Waals surface area contributed by atoms with Crippen LogP contribution in [0.3, 0.4) is 0 Å². The summed E-state index contributed by atoms with van der Waals surface area (Å²) in [5.74, 6) is -3.14. The van der Waals surface area contributed by atoms with E-state index in [4.69, 9.17) is 9.84 Å². The van der Waals surface area contributed by atoms with E-state index >= 15 is 0 Å². The quantitative estimate of drug-likeness (QED) is 0.916. The molecule has 0 radical (unpaired) electrons. The van der Waals surface area contributed by atoms with E-state index in [0.29, 0.717) is 13.0 Å². The van der Waals surface area contributed by atoms with Gasteiger partial charge in [0.2, 0.25) is 5.91 Å². The van der Waals surface area contributed by atoms with Crippen LogP contribution in [0.1, 0.15) is 17.9 Å². The third-order valence-corrected chi connectivity index (χ3v) is 4.12. The normalized spacial score (nSPS) is 27.5. The van der Waals surface area contributed by atoms with Gasteiger partial charge in [-0.25, -0.2) is 13.6 Å². The molecule has 118 valence electrons. The Hall–Kier alpha value is -2.02. The number of rotatable bonds is 3. The summed E-state index contributed by atoms with van der Waals surface area (Å²) in [7, 11) is 0. The third kappa shape index (κ3) is 2.81. The zero-order chi connectivity index (χ0) is 15.9. The maximum Gasteiger partial charge on any atom is 0.334 e. The number of aliphatic carboxylic acids is 1. The van der Waals surface area contributed by atoms with Gasteiger partial charge in [0.05, 0.1) is 13.2 Å². The van der Waals surface area contributed by atoms with Gasteiger partial charge in [0.25, 0.3) is 0 Å². The van der Waals surface area contributed by atoms with Crippen LogP contribution in [-0.2, 0) is 14.3 Å². The molecule has 1 N–H and O–H groups in total. The van der Waals surface area contributed by atoms with E-state index in [1.165, 1.54) is 4.90 Å². The van der Waals surface area contributed by atoms with Gasteiger partial charge in [0, 0.05) is 12.5 Å². The predicted molar refractivity (Wildman–Crippen MR) is 71.2 cm³/mol. The molecule has 1 aromatic carbocycles. The minimum Gasteiger partial charge on any atom is -0.479 e. The van der Waals surface area contributed by atoms with Crippen LogP contribution in [0.5, 0.6) is 0 Å². The summed E-state index contributed by atoms with van der Waals surface area (Å²) in [6, 6.07) is 3.21. The number of halogens is 2. The maximum atomic E-state index is 13.7. The number of amides is 1. The molecule has 2 aliphatic rings. The SMILES string of the molecule is O=C(O)C1CN(C(=O)C2CC2c2cc(F)ccc2F)CCO1. The second kappa shape index (κ2) is 5.64. The number of ether oxygens (including phenoxy) is 1. The molecule has 1 amide bonds. The summed E-state index contributed by atoms with van der Waals surface area (Å²) in [5, 5.41) is 8.93. The van der Waals surface area contributed by atoms with Gasteiger partial charge in [-0.3, -0.25) is 4.79 Å². The van der Waals surface area contributed by atoms with Crippen LogP contribution in [0.4, 0.5) is 8.78 Å². The Morgan fingerprint density at radius 1 is 1.32 bits per heavy atom. The Labute approximate surface area is 125 Å². The van der Waals surface area contributed by atoms with E-state index < -0.39 is 29.6 Å². The minimum absolute atomic E-state index is 0.0109. The molecule has 3 unspecified atom stereocenters. The molecule has 1 saturated carbocycles. The maximum absolute atomic E-state index is 13.7. The fourth-order valence-electron chi connectivity index (χ4n) is 2.84. The van der Waals surface area contributed by atoms with E-state index in [1.54, 1.807) is 0 Å². The average Bonchev–Trinajstić information content (AvgIpc) is 3.29. The number of nitrogens with zero attached hydrogens (tertiary/aromatic N) is 1. The van der Waals surface area contributed by atoms with Crippen LogP contribution in [0.25, 0.3) is 0 Å². The highest BCUT2D eigenvalue weighted by Crippen LogP contribution is 2.49. The minimum atomic E-state index is -1.11. The highest BCUT2D eigenvalue weighted by atomic mass is 19.1. The van der Waals surface area contributed by atoms with Crippen molar-refractivity contribution in [2.75, 3.05) is 19.7 Å². The number of carboxylic acid groups (broad SMARTS) is 1. The van der Waals surface area contributed by atoms with Gasteiger partial charge in [0.1, 0.15) is 11.6 Å². The van der Waals surface area contributed by atoms with Crippen LogP contribution < -0.4 is 0 Å². The smallest absolute Gasteiger partial charge is 0.334 e. The lowest BCUT2D eigenvalue weighted by Crippen LogP contribution is -2.49. The van der Waals surface area contributed by atoms with E-state index in [-0.39, 0.29) is 30.5 Å². The Bertz CT molecular complexity index is 622. The molecular weight excluding hydrogens is 296 g/mol. The molecule has 1 aromatic rings. The summed E-state index contributed by atoms with van der Waals surface area (Å²) >= 11 is 0. The number of carbonyl (C=O) groups is 2. The predicted octanol–water partition coefficient (Wildman–Crippen LogP) is 1.38. The average molecular weight is 311 g/mol. The molecule has 22 heavy (non-hydrogen) atoms. The molecule has 2 fully saturated rings. The van der Waals surface area contributed by atoms with Crippen LogP contribution in [0, 0.1) is 17.6 Å². The fourth-order valence-corrected chi connectivity index (χ4v) is 2.84. The van der Waals surface area contributed by atoms with Crippen molar-refractivity contribution in [3.63, 3.8) is 0 Å². The number of hydrogen-bond acceptors (Lipinski definition) is 3. The van der Waals surface area contributed by atoms with Gasteiger partial charge in [-0.2, -0.15) is 0 Å². The third-order valence-electron chi connectivity index (χ3n) is 4.12. The van der Waals surface area contributed by atoms with Crippen molar-refractivity contribution in [3.05, 3.63) is 35.4 Å². The molecule has 5 nitrogen and oxygen atoms in total. The van der Waals surface area contributed by atoms with Gasteiger partial charge < -0.3 is 14.7 Å². The van der Waals surface area contributed by atoms with Gasteiger partial charge in [0.15, 0.2) is 6.10 Å². The summed E-state index contributed by atoms with van der Waals surface area (Å²) in [6.07, 6.45) is -0.574. The lowest BCUT2D eigenvalue weighted by atomic mass is 10.1. The number of benzene rings is 1. The van der Waals surface area contributed by atoms with Crippen molar-refractivity contribution in [2.24, 2.45) is 5.92 Å². The first kappa shape index (κ1) is 14.9. The first-order valence-electron chi connectivity index (χ1n) is 7.05. The Morgan fingerprint density at radius 3 is 2.82 bits per heavy atom. The van der Waals surface area contributed by atoms with Crippen molar-refractivity contribution in [2.45, 2.75) is 18.4 Å². The highest BCUT2D eigenvalue weighted by Gasteiger charge is 2.48. The molecule has 7 heteroatoms. The van der Waals surface area contributed by atoms with Crippen LogP contribution in [0.2, 0.25) is 0 Å². The molecule has 0 spiro atoms. The summed E-state index contributed by atoms with van der Waals surface area (Å²) in [4.78, 5) is 24.7. The second-order valence-electron chi connectivity index (χ2n) is 5.60. The fraction of sp³-hybridized carbons (Fsp3) is 0.467. The molecule has 1 heterocycles. The molecule has 3 atom stereocenters. The van der Waals surface area contributed by atoms with Gasteiger partial charge >= 0.3 is 5.97 Å². The lowest BCUT2D eigenvalue weighted by Gasteiger charge is -2.31. The number of morpholine rings is 1. The zero-order valence-corrected chi connectivity index (χ0v) is 11.7.